The van der Waals surface area contributed by atoms with Gasteiger partial charge < -0.3 is 9.47 Å². The van der Waals surface area contributed by atoms with E-state index in [0.717, 1.165) is 12.4 Å². The van der Waals surface area contributed by atoms with Gasteiger partial charge in [0.1, 0.15) is 12.7 Å². The molecule has 1 unspecified atom stereocenters. The molecule has 0 spiro atoms. The maximum Gasteiger partial charge on any atom is 0.115 e. The van der Waals surface area contributed by atoms with Crippen molar-refractivity contribution in [1.82, 2.24) is 0 Å². The van der Waals surface area contributed by atoms with E-state index in [-0.39, 0.29) is 0 Å². The Labute approximate surface area is 65.7 Å². The van der Waals surface area contributed by atoms with Crippen LogP contribution in [0.3, 0.4) is 0 Å². The van der Waals surface area contributed by atoms with Gasteiger partial charge >= 0.3 is 0 Å². The van der Waals surface area contributed by atoms with Crippen molar-refractivity contribution in [2.45, 2.75) is 6.10 Å². The summed E-state index contributed by atoms with van der Waals surface area (Å²) in [5, 5.41) is 0. The number of benzene rings is 1. The van der Waals surface area contributed by atoms with Crippen molar-refractivity contribution in [3.63, 3.8) is 0 Å². The molecule has 1 aromatic carbocycles. The van der Waals surface area contributed by atoms with Gasteiger partial charge in [0.15, 0.2) is 0 Å². The number of rotatable bonds is 3. The van der Waals surface area contributed by atoms with Gasteiger partial charge in [0.05, 0.1) is 6.61 Å². The van der Waals surface area contributed by atoms with Crippen molar-refractivity contribution in [1.29, 1.82) is 0 Å². The molecule has 1 aliphatic rings. The van der Waals surface area contributed by atoms with Gasteiger partial charge in [-0.05, 0) is 0 Å². The molecule has 0 saturated carbocycles. The first-order valence-corrected chi connectivity index (χ1v) is 3.66. The first-order valence-electron chi connectivity index (χ1n) is 3.66. The fourth-order valence-corrected chi connectivity index (χ4v) is 0.821. The Bertz CT molecular complexity index is 221. The number of hydrogen-bond donors (Lipinski definition) is 0. The minimum atomic E-state index is 0. The van der Waals surface area contributed by atoms with Crippen LogP contribution in [0.1, 0.15) is 0 Å². The predicted molar refractivity (Wildman–Crippen MR) is 40.5 cm³/mol. The molecule has 3 heteroatoms. The Morgan fingerprint density at radius 1 is 1.50 bits per heavy atom. The van der Waals surface area contributed by atoms with E-state index < -0.39 is 0 Å². The standard InChI is InChI=1S/C9H9O2.Rf/c1-2-4-8(5-3-1)10-6-9-7-11-9;/h2-5,9H,6-7H2;/q-1;. The smallest absolute Gasteiger partial charge is 0.115 e. The molecule has 0 aromatic heterocycles. The second kappa shape index (κ2) is 3.39. The average molecular weight is 416 g/mol. The number of epoxide rings is 1. The quantitative estimate of drug-likeness (QED) is 0.547. The maximum atomic E-state index is 5.38. The summed E-state index contributed by atoms with van der Waals surface area (Å²) in [5.74, 6) is 0.888. The molecular formula is C9H9O2Rf-. The Morgan fingerprint density at radius 2 is 2.17 bits per heavy atom. The molecule has 0 N–H and O–H groups in total. The third-order valence-corrected chi connectivity index (χ3v) is 1.53. The molecule has 12 heavy (non-hydrogen) atoms. The van der Waals surface area contributed by atoms with E-state index in [1.807, 2.05) is 24.3 Å². The zero-order chi connectivity index (χ0) is 7.52. The first-order chi connectivity index (χ1) is 5.45. The van der Waals surface area contributed by atoms with Crippen molar-refractivity contribution >= 4 is 0 Å². The van der Waals surface area contributed by atoms with Crippen LogP contribution in [0, 0.1) is 6.07 Å². The molecule has 0 bridgehead atoms. The molecular weight excluding hydrogens is 407 g/mol. The second-order valence-corrected chi connectivity index (χ2v) is 2.50. The monoisotopic (exact) mass is 416 g/mol. The van der Waals surface area contributed by atoms with Crippen molar-refractivity contribution < 1.29 is 9.47 Å². The summed E-state index contributed by atoms with van der Waals surface area (Å²) in [5.41, 5.74) is 0. The summed E-state index contributed by atoms with van der Waals surface area (Å²) >= 11 is 0. The molecule has 1 aromatic rings. The third kappa shape index (κ3) is 1.99. The Balaban J connectivity index is 0.000000720. The Morgan fingerprint density at radius 3 is 2.75 bits per heavy atom. The molecule has 1 fully saturated rings. The summed E-state index contributed by atoms with van der Waals surface area (Å²) in [6.45, 7) is 1.52. The zero-order valence-electron chi connectivity index (χ0n) is 6.82. The van der Waals surface area contributed by atoms with Crippen molar-refractivity contribution in [2.24, 2.45) is 0 Å². The van der Waals surface area contributed by atoms with E-state index in [0.29, 0.717) is 12.7 Å². The van der Waals surface area contributed by atoms with E-state index in [1.54, 1.807) is 0 Å². The number of hydrogen-bond acceptors (Lipinski definition) is 2. The van der Waals surface area contributed by atoms with Crippen molar-refractivity contribution in [2.75, 3.05) is 13.2 Å². The SMILES string of the molecule is [Rf].[c-]1ccc(OCC2CO2)cc1. The summed E-state index contributed by atoms with van der Waals surface area (Å²) in [7, 11) is 0. The van der Waals surface area contributed by atoms with Gasteiger partial charge in [-0.2, -0.15) is 18.2 Å². The minimum absolute atomic E-state index is 0. The number of ether oxygens (including phenoxy) is 2. The summed E-state index contributed by atoms with van der Waals surface area (Å²) < 4.78 is 10.4. The molecule has 1 aliphatic heterocycles. The van der Waals surface area contributed by atoms with E-state index >= 15 is 0 Å². The van der Waals surface area contributed by atoms with Crippen LogP contribution in [0.5, 0.6) is 5.75 Å². The molecule has 60 valence electrons. The molecule has 1 atom stereocenters. The van der Waals surface area contributed by atoms with E-state index in [1.165, 1.54) is 0 Å². The molecule has 1 saturated heterocycles. The van der Waals surface area contributed by atoms with E-state index in [9.17, 15) is 0 Å². The predicted octanol–water partition coefficient (Wildman–Crippen LogP) is 1.26. The zero-order valence-corrected chi connectivity index (χ0v) is 13.2. The largest absolute Gasteiger partial charge is 0.516 e. The third-order valence-electron chi connectivity index (χ3n) is 1.53. The Kier molecular flexibility index (Phi) is 2.29. The van der Waals surface area contributed by atoms with Crippen molar-refractivity contribution in [3.05, 3.63) is 30.3 Å². The van der Waals surface area contributed by atoms with Crippen molar-refractivity contribution in [3.8, 4) is 5.75 Å². The van der Waals surface area contributed by atoms with Gasteiger partial charge in [0, 0.05) is 5.75 Å². The fourth-order valence-electron chi connectivity index (χ4n) is 0.821. The summed E-state index contributed by atoms with van der Waals surface area (Å²) in [6.07, 6.45) is 0.333. The Hall–Kier alpha value is -2.02. The maximum absolute atomic E-state index is 5.38. The van der Waals surface area contributed by atoms with Gasteiger partial charge in [0.2, 0.25) is 0 Å². The van der Waals surface area contributed by atoms with Crippen LogP contribution in [0.2, 0.25) is 0 Å². The van der Waals surface area contributed by atoms with E-state index in [4.69, 9.17) is 9.47 Å². The summed E-state index contributed by atoms with van der Waals surface area (Å²) in [4.78, 5) is 0. The van der Waals surface area contributed by atoms with Crippen LogP contribution in [-0.2, 0) is 4.74 Å². The fraction of sp³-hybridized carbons (Fsp3) is 0.333. The van der Waals surface area contributed by atoms with Crippen LogP contribution < -0.4 is 4.74 Å². The van der Waals surface area contributed by atoms with Gasteiger partial charge in [0.25, 0.3) is 0 Å². The van der Waals surface area contributed by atoms with Gasteiger partial charge in [-0.1, -0.05) is 0 Å². The summed E-state index contributed by atoms with van der Waals surface area (Å²) in [6, 6.07) is 10.4. The molecule has 0 aliphatic carbocycles. The average Bonchev–Trinajstić information content (AvgIpc) is 2.86. The normalized spacial score (nSPS) is 19.5. The van der Waals surface area contributed by atoms with Gasteiger partial charge in [-0.3, -0.25) is 0 Å². The molecule has 0 amide bonds. The minimum Gasteiger partial charge on any atom is -0.516 e. The topological polar surface area (TPSA) is 21.8 Å². The van der Waals surface area contributed by atoms with E-state index in [2.05, 4.69) is 6.07 Å². The van der Waals surface area contributed by atoms with Crippen LogP contribution in [0.4, 0.5) is 0 Å². The molecule has 2 rings (SSSR count). The van der Waals surface area contributed by atoms with Crippen LogP contribution in [0.15, 0.2) is 24.3 Å². The van der Waals surface area contributed by atoms with Gasteiger partial charge in [-0.15, -0.1) is 12.1 Å². The molecule has 2 nitrogen and oxygen atoms in total. The first kappa shape index (κ1) is 8.08. The van der Waals surface area contributed by atoms with Crippen LogP contribution in [0.25, 0.3) is 0 Å². The van der Waals surface area contributed by atoms with Crippen LogP contribution in [-0.4, -0.2) is 19.3 Å². The molecule has 1 heterocycles. The molecule has 0 radical (unpaired) electrons. The van der Waals surface area contributed by atoms with Gasteiger partial charge in [-0.25, -0.2) is 0 Å². The van der Waals surface area contributed by atoms with Crippen LogP contribution >= 0.6 is 0 Å². The second-order valence-electron chi connectivity index (χ2n) is 2.50.